The van der Waals surface area contributed by atoms with E-state index in [2.05, 4.69) is 5.32 Å². The van der Waals surface area contributed by atoms with Crippen LogP contribution in [0.15, 0.2) is 54.6 Å². The van der Waals surface area contributed by atoms with Crippen LogP contribution < -0.4 is 5.32 Å². The molecule has 2 N–H and O–H groups in total. The monoisotopic (exact) mass is 324 g/mol. The van der Waals surface area contributed by atoms with Gasteiger partial charge in [-0.15, -0.1) is 0 Å². The van der Waals surface area contributed by atoms with Gasteiger partial charge in [-0.1, -0.05) is 30.3 Å². The second kappa shape index (κ2) is 8.34. The molecule has 0 radical (unpaired) electrons. The summed E-state index contributed by atoms with van der Waals surface area (Å²) < 4.78 is 4.82. The number of carbonyl (C=O) groups is 2. The van der Waals surface area contributed by atoms with Gasteiger partial charge in [0.1, 0.15) is 17.9 Å². The summed E-state index contributed by atoms with van der Waals surface area (Å²) >= 11 is 0. The van der Waals surface area contributed by atoms with Gasteiger partial charge in [-0.25, -0.2) is 4.79 Å². The average Bonchev–Trinajstić information content (AvgIpc) is 2.61. The molecule has 0 aliphatic heterocycles. The van der Waals surface area contributed by atoms with Gasteiger partial charge in [0.15, 0.2) is 6.61 Å². The normalized spacial score (nSPS) is 11.1. The van der Waals surface area contributed by atoms with E-state index in [4.69, 9.17) is 10.00 Å². The van der Waals surface area contributed by atoms with Crippen LogP contribution in [0.3, 0.4) is 0 Å². The highest BCUT2D eigenvalue weighted by molar-refractivity contribution is 5.96. The van der Waals surface area contributed by atoms with E-state index >= 15 is 0 Å². The molecule has 0 fully saturated rings. The third-order valence-electron chi connectivity index (χ3n) is 3.28. The minimum atomic E-state index is -0.935. The number of phenols is 1. The van der Waals surface area contributed by atoms with Crippen LogP contribution >= 0.6 is 0 Å². The van der Waals surface area contributed by atoms with Gasteiger partial charge in [-0.3, -0.25) is 4.79 Å². The predicted molar refractivity (Wildman–Crippen MR) is 86.1 cm³/mol. The lowest BCUT2D eigenvalue weighted by Gasteiger charge is -2.17. The quantitative estimate of drug-likeness (QED) is 0.789. The Bertz CT molecular complexity index is 736. The molecule has 0 bridgehead atoms. The first-order chi connectivity index (χ1) is 11.6. The van der Waals surface area contributed by atoms with E-state index in [-0.39, 0.29) is 18.8 Å². The van der Waals surface area contributed by atoms with E-state index in [1.54, 1.807) is 48.5 Å². The summed E-state index contributed by atoms with van der Waals surface area (Å²) in [5.74, 6) is -0.988. The number of esters is 1. The second-order valence-corrected chi connectivity index (χ2v) is 5.03. The van der Waals surface area contributed by atoms with Gasteiger partial charge in [-0.2, -0.15) is 5.26 Å². The molecule has 2 aromatic carbocycles. The Kier molecular flexibility index (Phi) is 5.92. The lowest BCUT2D eigenvalue weighted by Crippen LogP contribution is -2.43. The molecule has 2 rings (SSSR count). The first-order valence-electron chi connectivity index (χ1n) is 7.27. The number of rotatable bonds is 6. The first-order valence-corrected chi connectivity index (χ1v) is 7.27. The van der Waals surface area contributed by atoms with Crippen LogP contribution in [0.2, 0.25) is 0 Å². The van der Waals surface area contributed by atoms with Crippen molar-refractivity contribution in [2.24, 2.45) is 0 Å². The summed E-state index contributed by atoms with van der Waals surface area (Å²) in [5.41, 5.74) is 1.15. The Balaban J connectivity index is 2.13. The third-order valence-corrected chi connectivity index (χ3v) is 3.28. The van der Waals surface area contributed by atoms with Gasteiger partial charge < -0.3 is 15.2 Å². The smallest absolute Gasteiger partial charge is 0.330 e. The van der Waals surface area contributed by atoms with E-state index in [0.29, 0.717) is 5.56 Å². The zero-order valence-electron chi connectivity index (χ0n) is 12.8. The average molecular weight is 324 g/mol. The van der Waals surface area contributed by atoms with Crippen molar-refractivity contribution in [1.82, 2.24) is 5.32 Å². The van der Waals surface area contributed by atoms with Crippen LogP contribution in [-0.2, 0) is 16.0 Å². The molecule has 0 aliphatic carbocycles. The summed E-state index contributed by atoms with van der Waals surface area (Å²) in [5, 5.41) is 20.5. The largest absolute Gasteiger partial charge is 0.508 e. The zero-order valence-corrected chi connectivity index (χ0v) is 12.8. The molecule has 6 heteroatoms. The fourth-order valence-corrected chi connectivity index (χ4v) is 2.10. The Hall–Kier alpha value is -3.33. The number of benzene rings is 2. The summed E-state index contributed by atoms with van der Waals surface area (Å²) in [6.45, 7) is -0.383. The minimum absolute atomic E-state index is 0.107. The fourth-order valence-electron chi connectivity index (χ4n) is 2.10. The van der Waals surface area contributed by atoms with Gasteiger partial charge in [0, 0.05) is 12.0 Å². The lowest BCUT2D eigenvalue weighted by molar-refractivity contribution is -0.144. The fraction of sp³-hybridized carbons (Fsp3) is 0.167. The molecule has 6 nitrogen and oxygen atoms in total. The summed E-state index contributed by atoms with van der Waals surface area (Å²) in [6, 6.07) is 15.6. The Morgan fingerprint density at radius 1 is 1.12 bits per heavy atom. The molecular formula is C18H16N2O4. The number of nitrogens with zero attached hydrogens (tertiary/aromatic N) is 1. The highest BCUT2D eigenvalue weighted by Gasteiger charge is 2.23. The Morgan fingerprint density at radius 2 is 1.79 bits per heavy atom. The number of hydrogen-bond donors (Lipinski definition) is 2. The number of ether oxygens (including phenoxy) is 1. The number of hydrogen-bond acceptors (Lipinski definition) is 5. The van der Waals surface area contributed by atoms with Crippen molar-refractivity contribution in [2.75, 3.05) is 6.61 Å². The predicted octanol–water partition coefficient (Wildman–Crippen LogP) is 1.80. The van der Waals surface area contributed by atoms with E-state index in [1.807, 2.05) is 0 Å². The van der Waals surface area contributed by atoms with Crippen LogP contribution in [0.25, 0.3) is 0 Å². The maximum Gasteiger partial charge on any atom is 0.330 e. The number of nitrogens with one attached hydrogen (secondary N) is 1. The molecule has 0 aromatic heterocycles. The number of aromatic hydroxyl groups is 1. The number of phenolic OH excluding ortho intramolecular Hbond substituents is 1. The molecule has 0 saturated heterocycles. The van der Waals surface area contributed by atoms with Crippen molar-refractivity contribution in [2.45, 2.75) is 12.5 Å². The van der Waals surface area contributed by atoms with Gasteiger partial charge in [0.2, 0.25) is 0 Å². The van der Waals surface area contributed by atoms with Crippen LogP contribution in [-0.4, -0.2) is 29.6 Å². The van der Waals surface area contributed by atoms with Gasteiger partial charge >= 0.3 is 5.97 Å². The summed E-state index contributed by atoms with van der Waals surface area (Å²) in [6.07, 6.45) is 0.184. The lowest BCUT2D eigenvalue weighted by atomic mass is 10.1. The van der Waals surface area contributed by atoms with Crippen LogP contribution in [0, 0.1) is 11.3 Å². The topological polar surface area (TPSA) is 99.4 Å². The second-order valence-electron chi connectivity index (χ2n) is 5.03. The molecule has 0 unspecified atom stereocenters. The van der Waals surface area contributed by atoms with Crippen molar-refractivity contribution in [3.8, 4) is 11.8 Å². The van der Waals surface area contributed by atoms with Crippen molar-refractivity contribution in [3.05, 3.63) is 65.7 Å². The summed E-state index contributed by atoms with van der Waals surface area (Å²) in [7, 11) is 0. The van der Waals surface area contributed by atoms with Crippen LogP contribution in [0.5, 0.6) is 5.75 Å². The Labute approximate surface area is 139 Å². The molecule has 1 atom stereocenters. The molecule has 0 saturated carbocycles. The molecule has 0 spiro atoms. The van der Waals surface area contributed by atoms with E-state index in [1.165, 1.54) is 12.1 Å². The molecular weight excluding hydrogens is 308 g/mol. The maximum atomic E-state index is 12.3. The van der Waals surface area contributed by atoms with Gasteiger partial charge in [-0.05, 0) is 29.8 Å². The molecule has 1 amide bonds. The van der Waals surface area contributed by atoms with Gasteiger partial charge in [0.25, 0.3) is 5.91 Å². The number of amides is 1. The molecule has 2 aromatic rings. The third kappa shape index (κ3) is 4.85. The van der Waals surface area contributed by atoms with Crippen molar-refractivity contribution in [3.63, 3.8) is 0 Å². The highest BCUT2D eigenvalue weighted by Crippen LogP contribution is 2.12. The molecule has 0 aliphatic rings. The van der Waals surface area contributed by atoms with Crippen molar-refractivity contribution >= 4 is 11.9 Å². The van der Waals surface area contributed by atoms with E-state index in [0.717, 1.165) is 5.56 Å². The molecule has 0 heterocycles. The first kappa shape index (κ1) is 17.0. The maximum absolute atomic E-state index is 12.3. The van der Waals surface area contributed by atoms with Crippen LogP contribution in [0.1, 0.15) is 15.9 Å². The number of carbonyl (C=O) groups excluding carboxylic acids is 2. The summed E-state index contributed by atoms with van der Waals surface area (Å²) in [4.78, 5) is 24.4. The highest BCUT2D eigenvalue weighted by atomic mass is 16.5. The van der Waals surface area contributed by atoms with Gasteiger partial charge in [0.05, 0.1) is 0 Å². The van der Waals surface area contributed by atoms with Crippen molar-refractivity contribution < 1.29 is 19.4 Å². The standard InChI is InChI=1S/C18H16N2O4/c19-10-11-24-18(23)16(12-13-6-8-15(21)9-7-13)20-17(22)14-4-2-1-3-5-14/h1-9,16,21H,11-12H2,(H,20,22)/t16-/m0/s1. The van der Waals surface area contributed by atoms with Crippen molar-refractivity contribution in [1.29, 1.82) is 5.26 Å². The minimum Gasteiger partial charge on any atom is -0.508 e. The SMILES string of the molecule is N#CCOC(=O)[C@H](Cc1ccc(O)cc1)NC(=O)c1ccccc1. The number of nitriles is 1. The van der Waals surface area contributed by atoms with E-state index in [9.17, 15) is 14.7 Å². The zero-order chi connectivity index (χ0) is 17.4. The van der Waals surface area contributed by atoms with Crippen LogP contribution in [0.4, 0.5) is 0 Å². The Morgan fingerprint density at radius 3 is 2.42 bits per heavy atom. The van der Waals surface area contributed by atoms with E-state index < -0.39 is 17.9 Å². The molecule has 122 valence electrons. The molecule has 24 heavy (non-hydrogen) atoms.